The lowest BCUT2D eigenvalue weighted by atomic mass is 10.1. The SMILES string of the molecule is Nc1ccc(C(=O)NN[C@H]2O[C@@H](CO)[C@@H](O)[C@H]2O)cc1. The second kappa shape index (κ2) is 6.16. The molecule has 0 aromatic heterocycles. The number of benzene rings is 1. The topological polar surface area (TPSA) is 137 Å². The number of carbonyl (C=O) groups excluding carboxylic acids is 1. The maximum absolute atomic E-state index is 11.8. The molecule has 1 heterocycles. The number of aliphatic hydroxyl groups is 3. The summed E-state index contributed by atoms with van der Waals surface area (Å²) in [6.45, 7) is -0.428. The predicted octanol–water partition coefficient (Wildman–Crippen LogP) is -2.06. The Kier molecular flexibility index (Phi) is 4.53. The van der Waals surface area contributed by atoms with E-state index in [1.165, 1.54) is 0 Å². The quantitative estimate of drug-likeness (QED) is 0.276. The van der Waals surface area contributed by atoms with Crippen molar-refractivity contribution >= 4 is 11.6 Å². The van der Waals surface area contributed by atoms with Gasteiger partial charge in [-0.25, -0.2) is 5.43 Å². The Labute approximate surface area is 115 Å². The molecule has 1 aromatic carbocycles. The summed E-state index contributed by atoms with van der Waals surface area (Å²) in [5.74, 6) is -0.442. The first-order valence-electron chi connectivity index (χ1n) is 6.07. The molecule has 1 amide bonds. The first kappa shape index (κ1) is 14.7. The van der Waals surface area contributed by atoms with Crippen LogP contribution in [-0.2, 0) is 4.74 Å². The van der Waals surface area contributed by atoms with Crippen molar-refractivity contribution in [3.8, 4) is 0 Å². The Morgan fingerprint density at radius 3 is 2.45 bits per heavy atom. The molecule has 20 heavy (non-hydrogen) atoms. The van der Waals surface area contributed by atoms with E-state index in [4.69, 9.17) is 15.6 Å². The molecule has 8 heteroatoms. The lowest BCUT2D eigenvalue weighted by molar-refractivity contribution is -0.0375. The second-order valence-electron chi connectivity index (χ2n) is 4.48. The lowest BCUT2D eigenvalue weighted by Crippen LogP contribution is -2.49. The number of nitrogens with one attached hydrogen (secondary N) is 2. The number of rotatable bonds is 4. The first-order valence-corrected chi connectivity index (χ1v) is 6.07. The average molecular weight is 283 g/mol. The van der Waals surface area contributed by atoms with Crippen LogP contribution in [0.5, 0.6) is 0 Å². The van der Waals surface area contributed by atoms with E-state index in [9.17, 15) is 15.0 Å². The minimum atomic E-state index is -1.25. The molecule has 0 radical (unpaired) electrons. The number of hydrogen-bond acceptors (Lipinski definition) is 7. The largest absolute Gasteiger partial charge is 0.399 e. The summed E-state index contributed by atoms with van der Waals surface area (Å²) in [5, 5.41) is 28.1. The van der Waals surface area contributed by atoms with Crippen molar-refractivity contribution in [3.05, 3.63) is 29.8 Å². The molecule has 4 atom stereocenters. The summed E-state index contributed by atoms with van der Waals surface area (Å²) in [5.41, 5.74) is 11.2. The van der Waals surface area contributed by atoms with Gasteiger partial charge in [-0.3, -0.25) is 10.2 Å². The van der Waals surface area contributed by atoms with Gasteiger partial charge in [-0.1, -0.05) is 0 Å². The van der Waals surface area contributed by atoms with Gasteiger partial charge in [0.1, 0.15) is 18.3 Å². The van der Waals surface area contributed by atoms with Crippen LogP contribution in [0.4, 0.5) is 5.69 Å². The second-order valence-corrected chi connectivity index (χ2v) is 4.48. The summed E-state index contributed by atoms with van der Waals surface area (Å²) < 4.78 is 5.14. The molecule has 8 nitrogen and oxygen atoms in total. The van der Waals surface area contributed by atoms with Crippen LogP contribution < -0.4 is 16.6 Å². The van der Waals surface area contributed by atoms with Gasteiger partial charge >= 0.3 is 0 Å². The Morgan fingerprint density at radius 2 is 1.90 bits per heavy atom. The summed E-state index contributed by atoms with van der Waals surface area (Å²) in [7, 11) is 0. The van der Waals surface area contributed by atoms with E-state index >= 15 is 0 Å². The molecule has 0 aliphatic carbocycles. The fourth-order valence-electron chi connectivity index (χ4n) is 1.86. The van der Waals surface area contributed by atoms with Crippen LogP contribution in [0.2, 0.25) is 0 Å². The predicted molar refractivity (Wildman–Crippen MR) is 69.2 cm³/mol. The minimum Gasteiger partial charge on any atom is -0.399 e. The number of aliphatic hydroxyl groups excluding tert-OH is 3. The fourth-order valence-corrected chi connectivity index (χ4v) is 1.86. The summed E-state index contributed by atoms with van der Waals surface area (Å²) in [6.07, 6.45) is -4.36. The van der Waals surface area contributed by atoms with E-state index in [-0.39, 0.29) is 0 Å². The van der Waals surface area contributed by atoms with E-state index in [1.807, 2.05) is 0 Å². The zero-order valence-electron chi connectivity index (χ0n) is 10.6. The molecule has 1 aromatic rings. The zero-order chi connectivity index (χ0) is 14.7. The van der Waals surface area contributed by atoms with Crippen LogP contribution >= 0.6 is 0 Å². The Balaban J connectivity index is 1.89. The summed E-state index contributed by atoms with van der Waals surface area (Å²) in [4.78, 5) is 11.8. The molecular weight excluding hydrogens is 266 g/mol. The normalized spacial score (nSPS) is 29.4. The van der Waals surface area contributed by atoms with Crippen LogP contribution in [0, 0.1) is 0 Å². The van der Waals surface area contributed by atoms with Gasteiger partial charge in [0.2, 0.25) is 0 Å². The van der Waals surface area contributed by atoms with E-state index in [2.05, 4.69) is 10.9 Å². The number of ether oxygens (including phenoxy) is 1. The van der Waals surface area contributed by atoms with Gasteiger partial charge in [-0.15, -0.1) is 0 Å². The third kappa shape index (κ3) is 3.06. The third-order valence-corrected chi connectivity index (χ3v) is 3.04. The number of hydrazine groups is 1. The molecule has 0 bridgehead atoms. The molecular formula is C12H17N3O5. The van der Waals surface area contributed by atoms with E-state index in [0.717, 1.165) is 0 Å². The van der Waals surface area contributed by atoms with Crippen LogP contribution in [0.1, 0.15) is 10.4 Å². The number of amides is 1. The van der Waals surface area contributed by atoms with Crippen molar-refractivity contribution < 1.29 is 24.9 Å². The third-order valence-electron chi connectivity index (χ3n) is 3.04. The molecule has 110 valence electrons. The Hall–Kier alpha value is -1.71. The zero-order valence-corrected chi connectivity index (χ0v) is 10.6. The van der Waals surface area contributed by atoms with Crippen molar-refractivity contribution in [2.24, 2.45) is 0 Å². The van der Waals surface area contributed by atoms with Crippen LogP contribution in [0.3, 0.4) is 0 Å². The molecule has 1 aliphatic heterocycles. The van der Waals surface area contributed by atoms with Crippen LogP contribution in [0.25, 0.3) is 0 Å². The molecule has 2 rings (SSSR count). The highest BCUT2D eigenvalue weighted by Gasteiger charge is 2.42. The van der Waals surface area contributed by atoms with E-state index < -0.39 is 37.1 Å². The van der Waals surface area contributed by atoms with E-state index in [0.29, 0.717) is 11.3 Å². The van der Waals surface area contributed by atoms with Gasteiger partial charge in [0, 0.05) is 11.3 Å². The number of anilines is 1. The van der Waals surface area contributed by atoms with Gasteiger partial charge < -0.3 is 25.8 Å². The maximum atomic E-state index is 11.8. The lowest BCUT2D eigenvalue weighted by Gasteiger charge is -2.17. The summed E-state index contributed by atoms with van der Waals surface area (Å²) >= 11 is 0. The molecule has 1 aliphatic rings. The number of nitrogens with two attached hydrogens (primary N) is 1. The van der Waals surface area contributed by atoms with Crippen molar-refractivity contribution in [1.29, 1.82) is 0 Å². The highest BCUT2D eigenvalue weighted by Crippen LogP contribution is 2.18. The van der Waals surface area contributed by atoms with Gasteiger partial charge in [0.05, 0.1) is 6.61 Å². The fraction of sp³-hybridized carbons (Fsp3) is 0.417. The number of nitrogen functional groups attached to an aromatic ring is 1. The molecule has 0 spiro atoms. The standard InChI is InChI=1S/C12H17N3O5/c13-7-3-1-6(2-4-7)11(19)14-15-12-10(18)9(17)8(5-16)20-12/h1-4,8-10,12,15-18H,5,13H2,(H,14,19)/t8-,9+,10+,12-/m0/s1. The molecule has 0 unspecified atom stereocenters. The first-order chi connectivity index (χ1) is 9.52. The molecule has 0 saturated carbocycles. The number of carbonyl (C=O) groups is 1. The van der Waals surface area contributed by atoms with E-state index in [1.54, 1.807) is 24.3 Å². The van der Waals surface area contributed by atoms with Gasteiger partial charge in [-0.2, -0.15) is 0 Å². The van der Waals surface area contributed by atoms with Crippen LogP contribution in [-0.4, -0.2) is 52.4 Å². The Bertz CT molecular complexity index is 467. The highest BCUT2D eigenvalue weighted by molar-refractivity contribution is 5.94. The minimum absolute atomic E-state index is 0.374. The Morgan fingerprint density at radius 1 is 1.25 bits per heavy atom. The smallest absolute Gasteiger partial charge is 0.265 e. The molecule has 1 fully saturated rings. The maximum Gasteiger partial charge on any atom is 0.265 e. The highest BCUT2D eigenvalue weighted by atomic mass is 16.6. The van der Waals surface area contributed by atoms with Gasteiger partial charge in [0.15, 0.2) is 6.23 Å². The van der Waals surface area contributed by atoms with Crippen molar-refractivity contribution in [1.82, 2.24) is 10.9 Å². The summed E-state index contributed by atoms with van der Waals surface area (Å²) in [6, 6.07) is 6.26. The van der Waals surface area contributed by atoms with Crippen molar-refractivity contribution in [3.63, 3.8) is 0 Å². The molecule has 7 N–H and O–H groups in total. The van der Waals surface area contributed by atoms with Gasteiger partial charge in [0.25, 0.3) is 5.91 Å². The monoisotopic (exact) mass is 283 g/mol. The van der Waals surface area contributed by atoms with Gasteiger partial charge in [-0.05, 0) is 24.3 Å². The van der Waals surface area contributed by atoms with Crippen LogP contribution in [0.15, 0.2) is 24.3 Å². The molecule has 1 saturated heterocycles. The van der Waals surface area contributed by atoms with Crippen molar-refractivity contribution in [2.45, 2.75) is 24.5 Å². The number of hydrogen-bond donors (Lipinski definition) is 6. The van der Waals surface area contributed by atoms with Crippen molar-refractivity contribution in [2.75, 3.05) is 12.3 Å². The average Bonchev–Trinajstić information content (AvgIpc) is 2.73.